The molecule has 0 saturated carbocycles. The maximum Gasteiger partial charge on any atom is 0.263 e. The predicted octanol–water partition coefficient (Wildman–Crippen LogP) is 4.61. The SMILES string of the molecule is CCN(CCc1ccccc1)C(=O)c1cc2ccccc2s1. The van der Waals surface area contributed by atoms with Crippen molar-refractivity contribution in [3.05, 3.63) is 71.1 Å². The quantitative estimate of drug-likeness (QED) is 0.674. The average Bonchev–Trinajstić information content (AvgIpc) is 3.00. The van der Waals surface area contributed by atoms with Crippen LogP contribution in [0.4, 0.5) is 0 Å². The third-order valence-electron chi connectivity index (χ3n) is 3.82. The number of nitrogens with zero attached hydrogens (tertiary/aromatic N) is 1. The highest BCUT2D eigenvalue weighted by molar-refractivity contribution is 7.20. The molecular formula is C19H19NOS. The van der Waals surface area contributed by atoms with Crippen molar-refractivity contribution < 1.29 is 4.79 Å². The Bertz CT molecular complexity index is 730. The lowest BCUT2D eigenvalue weighted by Crippen LogP contribution is -2.32. The lowest BCUT2D eigenvalue weighted by molar-refractivity contribution is 0.0771. The van der Waals surface area contributed by atoms with Crippen molar-refractivity contribution in [3.8, 4) is 0 Å². The van der Waals surface area contributed by atoms with Crippen LogP contribution in [0.2, 0.25) is 0 Å². The fourth-order valence-electron chi connectivity index (χ4n) is 2.56. The van der Waals surface area contributed by atoms with Crippen LogP contribution in [0.3, 0.4) is 0 Å². The minimum absolute atomic E-state index is 0.139. The Labute approximate surface area is 135 Å². The zero-order valence-electron chi connectivity index (χ0n) is 12.7. The molecule has 0 atom stereocenters. The molecule has 0 unspecified atom stereocenters. The van der Waals surface area contributed by atoms with Gasteiger partial charge in [-0.05, 0) is 36.4 Å². The fraction of sp³-hybridized carbons (Fsp3) is 0.211. The van der Waals surface area contributed by atoms with Gasteiger partial charge in [0.1, 0.15) is 0 Å². The summed E-state index contributed by atoms with van der Waals surface area (Å²) in [4.78, 5) is 15.5. The Morgan fingerprint density at radius 3 is 2.50 bits per heavy atom. The van der Waals surface area contributed by atoms with Gasteiger partial charge >= 0.3 is 0 Å². The largest absolute Gasteiger partial charge is 0.338 e. The molecule has 0 radical (unpaired) electrons. The van der Waals surface area contributed by atoms with E-state index < -0.39 is 0 Å². The van der Waals surface area contributed by atoms with Gasteiger partial charge in [-0.3, -0.25) is 4.79 Å². The number of carbonyl (C=O) groups excluding carboxylic acids is 1. The second-order valence-electron chi connectivity index (χ2n) is 5.27. The molecule has 0 spiro atoms. The molecule has 0 bridgehead atoms. The van der Waals surface area contributed by atoms with Crippen molar-refractivity contribution in [2.45, 2.75) is 13.3 Å². The Hall–Kier alpha value is -2.13. The van der Waals surface area contributed by atoms with E-state index in [0.717, 1.165) is 29.8 Å². The fourth-order valence-corrected chi connectivity index (χ4v) is 3.59. The van der Waals surface area contributed by atoms with Gasteiger partial charge < -0.3 is 4.90 Å². The second-order valence-corrected chi connectivity index (χ2v) is 6.35. The summed E-state index contributed by atoms with van der Waals surface area (Å²) in [5, 5.41) is 1.15. The first kappa shape index (κ1) is 14.8. The van der Waals surface area contributed by atoms with Gasteiger partial charge in [0.2, 0.25) is 0 Å². The van der Waals surface area contributed by atoms with Crippen molar-refractivity contribution in [1.82, 2.24) is 4.90 Å². The minimum atomic E-state index is 0.139. The van der Waals surface area contributed by atoms with Crippen molar-refractivity contribution in [2.24, 2.45) is 0 Å². The van der Waals surface area contributed by atoms with Gasteiger partial charge in [-0.2, -0.15) is 0 Å². The van der Waals surface area contributed by atoms with Gasteiger partial charge in [-0.25, -0.2) is 0 Å². The summed E-state index contributed by atoms with van der Waals surface area (Å²) in [6.45, 7) is 3.53. The highest BCUT2D eigenvalue weighted by atomic mass is 32.1. The lowest BCUT2D eigenvalue weighted by atomic mass is 10.1. The van der Waals surface area contributed by atoms with Gasteiger partial charge in [0.25, 0.3) is 5.91 Å². The number of likely N-dealkylation sites (N-methyl/N-ethyl adjacent to an activating group) is 1. The Morgan fingerprint density at radius 1 is 1.05 bits per heavy atom. The smallest absolute Gasteiger partial charge is 0.263 e. The van der Waals surface area contributed by atoms with Crippen molar-refractivity contribution in [3.63, 3.8) is 0 Å². The molecule has 3 rings (SSSR count). The highest BCUT2D eigenvalue weighted by Gasteiger charge is 2.16. The second kappa shape index (κ2) is 6.75. The minimum Gasteiger partial charge on any atom is -0.338 e. The van der Waals surface area contributed by atoms with Crippen LogP contribution in [0.25, 0.3) is 10.1 Å². The maximum absolute atomic E-state index is 12.7. The molecule has 2 nitrogen and oxygen atoms in total. The monoisotopic (exact) mass is 309 g/mol. The van der Waals surface area contributed by atoms with Crippen molar-refractivity contribution in [1.29, 1.82) is 0 Å². The van der Waals surface area contributed by atoms with Crippen LogP contribution in [0.5, 0.6) is 0 Å². The number of amides is 1. The third kappa shape index (κ3) is 3.20. The summed E-state index contributed by atoms with van der Waals surface area (Å²) in [6, 6.07) is 20.5. The van der Waals surface area contributed by atoms with E-state index in [1.54, 1.807) is 11.3 Å². The molecule has 2 aromatic carbocycles. The van der Waals surface area contributed by atoms with E-state index >= 15 is 0 Å². The van der Waals surface area contributed by atoms with Crippen LogP contribution in [0.15, 0.2) is 60.7 Å². The van der Waals surface area contributed by atoms with E-state index in [4.69, 9.17) is 0 Å². The molecule has 0 fully saturated rings. The molecule has 1 heterocycles. The number of rotatable bonds is 5. The molecule has 112 valence electrons. The van der Waals surface area contributed by atoms with Gasteiger partial charge in [-0.1, -0.05) is 48.5 Å². The molecule has 0 N–H and O–H groups in total. The first-order valence-corrected chi connectivity index (χ1v) is 8.41. The molecule has 3 heteroatoms. The highest BCUT2D eigenvalue weighted by Crippen LogP contribution is 2.26. The van der Waals surface area contributed by atoms with Crippen LogP contribution in [-0.4, -0.2) is 23.9 Å². The number of benzene rings is 2. The van der Waals surface area contributed by atoms with Gasteiger partial charge in [0.05, 0.1) is 4.88 Å². The summed E-state index contributed by atoms with van der Waals surface area (Å²) < 4.78 is 1.17. The van der Waals surface area contributed by atoms with E-state index in [1.807, 2.05) is 48.2 Å². The molecule has 3 aromatic rings. The topological polar surface area (TPSA) is 20.3 Å². The van der Waals surface area contributed by atoms with E-state index in [0.29, 0.717) is 0 Å². The summed E-state index contributed by atoms with van der Waals surface area (Å²) >= 11 is 1.58. The lowest BCUT2D eigenvalue weighted by Gasteiger charge is -2.20. The molecular weight excluding hydrogens is 290 g/mol. The number of carbonyl (C=O) groups is 1. The standard InChI is InChI=1S/C19H19NOS/c1-2-20(13-12-15-8-4-3-5-9-15)19(21)18-14-16-10-6-7-11-17(16)22-18/h3-11,14H,2,12-13H2,1H3. The molecule has 0 aliphatic carbocycles. The Kier molecular flexibility index (Phi) is 4.54. The molecule has 22 heavy (non-hydrogen) atoms. The van der Waals surface area contributed by atoms with Crippen LogP contribution in [0, 0.1) is 0 Å². The van der Waals surface area contributed by atoms with E-state index in [1.165, 1.54) is 10.3 Å². The first-order chi connectivity index (χ1) is 10.8. The maximum atomic E-state index is 12.7. The van der Waals surface area contributed by atoms with Crippen LogP contribution >= 0.6 is 11.3 Å². The van der Waals surface area contributed by atoms with Crippen LogP contribution in [0.1, 0.15) is 22.2 Å². The van der Waals surface area contributed by atoms with Gasteiger partial charge in [-0.15, -0.1) is 11.3 Å². The van der Waals surface area contributed by atoms with Crippen LogP contribution in [-0.2, 0) is 6.42 Å². The van der Waals surface area contributed by atoms with E-state index in [9.17, 15) is 4.79 Å². The summed E-state index contributed by atoms with van der Waals surface area (Å²) in [7, 11) is 0. The number of thiophene rings is 1. The van der Waals surface area contributed by atoms with Crippen LogP contribution < -0.4 is 0 Å². The molecule has 1 amide bonds. The number of hydrogen-bond acceptors (Lipinski definition) is 2. The molecule has 0 aliphatic rings. The summed E-state index contributed by atoms with van der Waals surface area (Å²) in [5.74, 6) is 0.139. The van der Waals surface area contributed by atoms with Gasteiger partial charge in [0, 0.05) is 17.8 Å². The van der Waals surface area contributed by atoms with E-state index in [2.05, 4.69) is 24.3 Å². The Balaban J connectivity index is 1.73. The normalized spacial score (nSPS) is 10.8. The predicted molar refractivity (Wildman–Crippen MR) is 93.5 cm³/mol. The summed E-state index contributed by atoms with van der Waals surface area (Å²) in [5.41, 5.74) is 1.27. The zero-order chi connectivity index (χ0) is 15.4. The van der Waals surface area contributed by atoms with Crippen molar-refractivity contribution >= 4 is 27.3 Å². The third-order valence-corrected chi connectivity index (χ3v) is 4.92. The number of hydrogen-bond donors (Lipinski definition) is 0. The van der Waals surface area contributed by atoms with Gasteiger partial charge in [0.15, 0.2) is 0 Å². The van der Waals surface area contributed by atoms with E-state index in [-0.39, 0.29) is 5.91 Å². The van der Waals surface area contributed by atoms with Crippen molar-refractivity contribution in [2.75, 3.05) is 13.1 Å². The number of fused-ring (bicyclic) bond motifs is 1. The first-order valence-electron chi connectivity index (χ1n) is 7.59. The molecule has 1 aromatic heterocycles. The molecule has 0 aliphatic heterocycles. The Morgan fingerprint density at radius 2 is 1.77 bits per heavy atom. The zero-order valence-corrected chi connectivity index (χ0v) is 13.5. The average molecular weight is 309 g/mol. The molecule has 0 saturated heterocycles. The summed E-state index contributed by atoms with van der Waals surface area (Å²) in [6.07, 6.45) is 0.894.